The number of rotatable bonds is 7. The Bertz CT molecular complexity index is 2840. The lowest BCUT2D eigenvalue weighted by Crippen LogP contribution is -2.75. The number of fused-ring (bicyclic) bond motifs is 2. The third-order valence-electron chi connectivity index (χ3n) is 11.9. The molecule has 0 bridgehead atoms. The summed E-state index contributed by atoms with van der Waals surface area (Å²) < 4.78 is 341. The topological polar surface area (TPSA) is 17.1 Å². The summed E-state index contributed by atoms with van der Waals surface area (Å²) in [6.45, 7) is 0. The minimum Gasteiger partial charge on any atom is -0.289 e. The van der Waals surface area contributed by atoms with E-state index in [1.54, 1.807) is 0 Å². The van der Waals surface area contributed by atoms with Crippen LogP contribution < -0.4 is 21.9 Å². The van der Waals surface area contributed by atoms with Crippen LogP contribution in [0.5, 0.6) is 0 Å². The molecule has 7 aromatic carbocycles. The molecule has 412 valence electrons. The second-order valence-corrected chi connectivity index (χ2v) is 19.7. The fourth-order valence-electron chi connectivity index (χ4n) is 8.72. The lowest BCUT2D eigenvalue weighted by molar-refractivity contribution is -0.144. The van der Waals surface area contributed by atoms with Gasteiger partial charge in [0.2, 0.25) is 5.78 Å². The molecule has 0 N–H and O–H groups in total. The molecular weight excluding hydrogens is 1120 g/mol. The number of hydrogen-bond donors (Lipinski definition) is 0. The highest BCUT2D eigenvalue weighted by Gasteiger charge is 2.47. The van der Waals surface area contributed by atoms with Crippen molar-refractivity contribution in [3.8, 4) is 0 Å². The van der Waals surface area contributed by atoms with Crippen LogP contribution in [-0.2, 0) is 60.3 Å². The van der Waals surface area contributed by atoms with Gasteiger partial charge in [0.05, 0.1) is 57.0 Å². The number of carbonyl (C=O) groups excluding carboxylic acids is 1. The van der Waals surface area contributed by atoms with Gasteiger partial charge < -0.3 is 0 Å². The minimum atomic E-state index is -6.13. The molecule has 7 aromatic rings. The first kappa shape index (κ1) is 59.7. The van der Waals surface area contributed by atoms with Crippen LogP contribution in [0.15, 0.2) is 127 Å². The van der Waals surface area contributed by atoms with E-state index in [0.29, 0.717) is 5.75 Å². The van der Waals surface area contributed by atoms with E-state index >= 15 is 0 Å². The SMILES string of the molecule is C[S+](C)CC(=O)c1c2ccccc2cc2ccccc12.FC(F)(F)c1cc([B-](c2cc(C(F)(F)F)cc(C(F)(F)F)c2)(c2cc(C(F)(F)F)cc(C(F)(F)F)c2)c2cc(C(F)(F)F)cc(C(F)(F)F)c2)cc(C(F)(F)F)c1. The van der Waals surface area contributed by atoms with Crippen LogP contribution in [-0.4, -0.2) is 30.2 Å². The highest BCUT2D eigenvalue weighted by Crippen LogP contribution is 2.42. The average molecular weight is 1140 g/mol. The molecule has 0 radical (unpaired) electrons. The largest absolute Gasteiger partial charge is 0.416 e. The van der Waals surface area contributed by atoms with Crippen molar-refractivity contribution in [2.75, 3.05) is 18.3 Å². The molecule has 0 saturated heterocycles. The van der Waals surface area contributed by atoms with E-state index in [2.05, 4.69) is 42.8 Å². The zero-order valence-corrected chi connectivity index (χ0v) is 39.1. The number of alkyl halides is 24. The van der Waals surface area contributed by atoms with Gasteiger partial charge in [0.1, 0.15) is 6.15 Å². The maximum atomic E-state index is 14.2. The second-order valence-electron chi connectivity index (χ2n) is 17.5. The maximum absolute atomic E-state index is 14.2. The molecule has 7 rings (SSSR count). The van der Waals surface area contributed by atoms with Gasteiger partial charge in [-0.2, -0.15) is 127 Å². The number of hydrogen-bond acceptors (Lipinski definition) is 1. The van der Waals surface area contributed by atoms with Gasteiger partial charge in [-0.1, -0.05) is 97.1 Å². The molecule has 0 aliphatic heterocycles. The molecule has 0 aliphatic rings. The molecule has 27 heteroatoms. The lowest BCUT2D eigenvalue weighted by atomic mass is 9.12. The highest BCUT2D eigenvalue weighted by molar-refractivity contribution is 7.96. The predicted octanol–water partition coefficient (Wildman–Crippen LogP) is 15.3. The maximum Gasteiger partial charge on any atom is 0.416 e. The van der Waals surface area contributed by atoms with Crippen molar-refractivity contribution in [1.82, 2.24) is 0 Å². The van der Waals surface area contributed by atoms with Gasteiger partial charge in [0.25, 0.3) is 0 Å². The van der Waals surface area contributed by atoms with E-state index in [0.717, 1.165) is 27.1 Å². The summed E-state index contributed by atoms with van der Waals surface area (Å²) in [5, 5.41) is 4.42. The predicted molar refractivity (Wildman–Crippen MR) is 240 cm³/mol. The summed E-state index contributed by atoms with van der Waals surface area (Å²) in [5.74, 6) is 0.879. The molecule has 0 aromatic heterocycles. The zero-order chi connectivity index (χ0) is 58.0. The van der Waals surface area contributed by atoms with Crippen molar-refractivity contribution in [1.29, 1.82) is 0 Å². The summed E-state index contributed by atoms with van der Waals surface area (Å²) in [4.78, 5) is 12.7. The molecule has 0 aliphatic carbocycles. The number of ketones is 1. The van der Waals surface area contributed by atoms with Crippen molar-refractivity contribution in [3.05, 3.63) is 177 Å². The van der Waals surface area contributed by atoms with E-state index in [9.17, 15) is 110 Å². The first-order chi connectivity index (χ1) is 34.9. The standard InChI is InChI=1S/C32H12BF24.C18H17OS/c34-25(35,36)13-1-14(26(37,38)39)6-21(5-13)33(22-7-15(27(40,41)42)2-16(8-22)28(43,44)45,23-9-17(29(46,47)48)3-18(10-23)30(49,50)51)24-11-19(31(52,53)54)4-20(12-24)32(55,56)57;1-20(2)12-17(19)18-15-9-5-3-7-13(15)11-14-8-4-6-10-16(14)18/h1-12H;3-11H,12H2,1-2H3/q-1;+1. The number of halogens is 24. The number of benzene rings is 7. The first-order valence-electron chi connectivity index (χ1n) is 21.3. The molecule has 0 spiro atoms. The van der Waals surface area contributed by atoms with Crippen molar-refractivity contribution < 1.29 is 110 Å². The van der Waals surface area contributed by atoms with Gasteiger partial charge >= 0.3 is 49.4 Å². The van der Waals surface area contributed by atoms with Gasteiger partial charge in [-0.05, 0) is 62.8 Å². The minimum absolute atomic E-state index is 0.118. The van der Waals surface area contributed by atoms with Gasteiger partial charge in [0, 0.05) is 5.56 Å². The van der Waals surface area contributed by atoms with Crippen LogP contribution in [0.3, 0.4) is 0 Å². The molecule has 0 atom stereocenters. The van der Waals surface area contributed by atoms with E-state index < -0.39 is 195 Å². The molecule has 0 saturated carbocycles. The van der Waals surface area contributed by atoms with Gasteiger partial charge in [-0.3, -0.25) is 4.79 Å². The Hall–Kier alpha value is -6.54. The van der Waals surface area contributed by atoms with Crippen LogP contribution in [0.2, 0.25) is 0 Å². The van der Waals surface area contributed by atoms with Crippen LogP contribution in [0.4, 0.5) is 105 Å². The molecule has 0 heterocycles. The monoisotopic (exact) mass is 1140 g/mol. The van der Waals surface area contributed by atoms with Crippen LogP contribution in [0.1, 0.15) is 54.9 Å². The van der Waals surface area contributed by atoms with Crippen LogP contribution in [0, 0.1) is 0 Å². The Labute approximate surface area is 420 Å². The van der Waals surface area contributed by atoms with Gasteiger partial charge in [0.15, 0.2) is 5.75 Å². The normalized spacial score (nSPS) is 13.5. The fourth-order valence-corrected chi connectivity index (χ4v) is 9.39. The van der Waals surface area contributed by atoms with E-state index in [-0.39, 0.29) is 16.7 Å². The number of Topliss-reactive ketones (excluding diaryl/α,β-unsaturated/α-hetero) is 1. The Balaban J connectivity index is 0.000000397. The zero-order valence-electron chi connectivity index (χ0n) is 38.3. The molecule has 0 unspecified atom stereocenters. The summed E-state index contributed by atoms with van der Waals surface area (Å²) in [6, 6.07) is 9.68. The molecule has 0 amide bonds. The molecule has 77 heavy (non-hydrogen) atoms. The summed E-state index contributed by atoms with van der Waals surface area (Å²) in [7, 11) is 0.118. The van der Waals surface area contributed by atoms with Crippen molar-refractivity contribution in [2.45, 2.75) is 49.4 Å². The Morgan fingerprint density at radius 3 is 0.740 bits per heavy atom. The van der Waals surface area contributed by atoms with E-state index in [1.807, 2.05) is 24.3 Å². The smallest absolute Gasteiger partial charge is 0.289 e. The van der Waals surface area contributed by atoms with E-state index in [1.165, 1.54) is 0 Å². The van der Waals surface area contributed by atoms with Gasteiger partial charge in [-0.25, -0.2) is 0 Å². The first-order valence-corrected chi connectivity index (χ1v) is 23.5. The van der Waals surface area contributed by atoms with Gasteiger partial charge in [-0.15, -0.1) is 0 Å². The Morgan fingerprint density at radius 1 is 0.338 bits per heavy atom. The third kappa shape index (κ3) is 13.1. The second kappa shape index (κ2) is 20.4. The fraction of sp³-hybridized carbons (Fsp3) is 0.220. The van der Waals surface area contributed by atoms with Crippen molar-refractivity contribution in [2.24, 2.45) is 0 Å². The molecular formula is C50H29BF24OS. The molecule has 1 nitrogen and oxygen atoms in total. The lowest BCUT2D eigenvalue weighted by Gasteiger charge is -2.46. The summed E-state index contributed by atoms with van der Waals surface area (Å²) >= 11 is 0. The Kier molecular flexibility index (Phi) is 15.8. The van der Waals surface area contributed by atoms with Crippen molar-refractivity contribution in [3.63, 3.8) is 0 Å². The van der Waals surface area contributed by atoms with Crippen LogP contribution >= 0.6 is 0 Å². The summed E-state index contributed by atoms with van der Waals surface area (Å²) in [6.07, 6.45) is -50.6. The third-order valence-corrected chi connectivity index (χ3v) is 12.7. The van der Waals surface area contributed by atoms with Crippen LogP contribution in [0.25, 0.3) is 21.5 Å². The van der Waals surface area contributed by atoms with Crippen molar-refractivity contribution >= 4 is 66.2 Å². The molecule has 0 fully saturated rings. The average Bonchev–Trinajstić information content (AvgIpc) is 3.28. The van der Waals surface area contributed by atoms with E-state index in [4.69, 9.17) is 0 Å². The highest BCUT2D eigenvalue weighted by atomic mass is 32.2. The summed E-state index contributed by atoms with van der Waals surface area (Å²) in [5.41, 5.74) is -29.3. The Morgan fingerprint density at radius 2 is 0.545 bits per heavy atom. The number of carbonyl (C=O) groups is 1. The quantitative estimate of drug-likeness (QED) is 0.0511.